The molecule has 0 aliphatic heterocycles. The van der Waals surface area contributed by atoms with Gasteiger partial charge in [-0.05, 0) is 25.0 Å². The van der Waals surface area contributed by atoms with Gasteiger partial charge in [-0.1, -0.05) is 0 Å². The van der Waals surface area contributed by atoms with E-state index in [2.05, 4.69) is 5.32 Å². The molecule has 1 saturated carbocycles. The molecule has 0 saturated heterocycles. The summed E-state index contributed by atoms with van der Waals surface area (Å²) >= 11 is 0. The first kappa shape index (κ1) is 9.78. The van der Waals surface area contributed by atoms with Crippen molar-refractivity contribution in [2.75, 3.05) is 0 Å². The predicted octanol–water partition coefficient (Wildman–Crippen LogP) is 2.96. The topological polar surface area (TPSA) is 25.2 Å². The van der Waals surface area contributed by atoms with Crippen LogP contribution in [0.3, 0.4) is 0 Å². The Labute approximate surface area is 91.2 Å². The predicted molar refractivity (Wildman–Crippen MR) is 56.0 cm³/mol. The average Bonchev–Trinajstić information content (AvgIpc) is 2.96. The third-order valence-corrected chi connectivity index (χ3v) is 2.73. The first-order chi connectivity index (χ1) is 7.72. The standard InChI is InChI=1S/C12H11F2NO/c13-8-3-7-4-10(6-15-9-1-2-9)16-12(7)11(14)5-8/h3-5,9,15H,1-2,6H2. The van der Waals surface area contributed by atoms with E-state index in [4.69, 9.17) is 4.42 Å². The minimum Gasteiger partial charge on any atom is -0.457 e. The Morgan fingerprint density at radius 2 is 2.06 bits per heavy atom. The maximum absolute atomic E-state index is 13.3. The van der Waals surface area contributed by atoms with E-state index in [1.165, 1.54) is 18.9 Å². The Balaban J connectivity index is 1.91. The number of nitrogens with one attached hydrogen (secondary N) is 1. The SMILES string of the molecule is Fc1cc(F)c2oc(CNC3CC3)cc2c1. The van der Waals surface area contributed by atoms with Crippen LogP contribution >= 0.6 is 0 Å². The van der Waals surface area contributed by atoms with Gasteiger partial charge in [-0.25, -0.2) is 8.78 Å². The number of benzene rings is 1. The molecule has 1 fully saturated rings. The molecule has 3 rings (SSSR count). The number of furan rings is 1. The van der Waals surface area contributed by atoms with Crippen molar-refractivity contribution in [3.05, 3.63) is 35.6 Å². The number of halogens is 2. The summed E-state index contributed by atoms with van der Waals surface area (Å²) in [6.45, 7) is 0.570. The molecule has 0 unspecified atom stereocenters. The summed E-state index contributed by atoms with van der Waals surface area (Å²) in [6.07, 6.45) is 2.37. The van der Waals surface area contributed by atoms with Gasteiger partial charge in [0.1, 0.15) is 11.6 Å². The molecule has 1 aliphatic carbocycles. The lowest BCUT2D eigenvalue weighted by Crippen LogP contribution is -2.14. The van der Waals surface area contributed by atoms with Gasteiger partial charge in [0.2, 0.25) is 0 Å². The minimum atomic E-state index is -0.646. The smallest absolute Gasteiger partial charge is 0.170 e. The Bertz CT molecular complexity index is 531. The molecule has 1 heterocycles. The number of rotatable bonds is 3. The molecule has 4 heteroatoms. The summed E-state index contributed by atoms with van der Waals surface area (Å²) in [5.41, 5.74) is 0.133. The molecule has 0 bridgehead atoms. The summed E-state index contributed by atoms with van der Waals surface area (Å²) in [5, 5.41) is 3.73. The van der Waals surface area contributed by atoms with Gasteiger partial charge in [0.25, 0.3) is 0 Å². The van der Waals surface area contributed by atoms with Crippen LogP contribution in [0.1, 0.15) is 18.6 Å². The van der Waals surface area contributed by atoms with Gasteiger partial charge in [0, 0.05) is 17.5 Å². The largest absolute Gasteiger partial charge is 0.457 e. The Morgan fingerprint density at radius 3 is 2.81 bits per heavy atom. The molecule has 1 N–H and O–H groups in total. The van der Waals surface area contributed by atoms with Crippen molar-refractivity contribution in [2.45, 2.75) is 25.4 Å². The Morgan fingerprint density at radius 1 is 1.25 bits per heavy atom. The maximum atomic E-state index is 13.3. The normalized spacial score (nSPS) is 15.9. The van der Waals surface area contributed by atoms with Crippen molar-refractivity contribution >= 4 is 11.0 Å². The van der Waals surface area contributed by atoms with Crippen LogP contribution in [0.2, 0.25) is 0 Å². The Kier molecular flexibility index (Phi) is 2.17. The maximum Gasteiger partial charge on any atom is 0.170 e. The van der Waals surface area contributed by atoms with Gasteiger partial charge in [-0.3, -0.25) is 0 Å². The highest BCUT2D eigenvalue weighted by atomic mass is 19.1. The molecule has 84 valence electrons. The van der Waals surface area contributed by atoms with E-state index in [-0.39, 0.29) is 5.58 Å². The average molecular weight is 223 g/mol. The van der Waals surface area contributed by atoms with Crippen molar-refractivity contribution in [1.82, 2.24) is 5.32 Å². The van der Waals surface area contributed by atoms with Crippen LogP contribution < -0.4 is 5.32 Å². The van der Waals surface area contributed by atoms with E-state index in [9.17, 15) is 8.78 Å². The molecular formula is C12H11F2NO. The van der Waals surface area contributed by atoms with Gasteiger partial charge in [0.05, 0.1) is 6.54 Å². The van der Waals surface area contributed by atoms with E-state index in [0.29, 0.717) is 23.7 Å². The molecule has 2 aromatic rings. The fourth-order valence-electron chi connectivity index (χ4n) is 1.75. The summed E-state index contributed by atoms with van der Waals surface area (Å²) < 4.78 is 31.6. The first-order valence-corrected chi connectivity index (χ1v) is 5.33. The van der Waals surface area contributed by atoms with E-state index < -0.39 is 11.6 Å². The van der Waals surface area contributed by atoms with Crippen LogP contribution in [0, 0.1) is 11.6 Å². The first-order valence-electron chi connectivity index (χ1n) is 5.33. The van der Waals surface area contributed by atoms with E-state index in [1.807, 2.05) is 0 Å². The molecular weight excluding hydrogens is 212 g/mol. The van der Waals surface area contributed by atoms with Crippen LogP contribution in [0.4, 0.5) is 8.78 Å². The molecule has 0 spiro atoms. The second-order valence-electron chi connectivity index (χ2n) is 4.17. The fourth-order valence-corrected chi connectivity index (χ4v) is 1.75. The van der Waals surface area contributed by atoms with Gasteiger partial charge < -0.3 is 9.73 Å². The molecule has 0 atom stereocenters. The second kappa shape index (κ2) is 3.56. The summed E-state index contributed by atoms with van der Waals surface area (Å²) in [7, 11) is 0. The lowest BCUT2D eigenvalue weighted by Gasteiger charge is -1.97. The van der Waals surface area contributed by atoms with Crippen LogP contribution in [-0.4, -0.2) is 6.04 Å². The highest BCUT2D eigenvalue weighted by molar-refractivity contribution is 5.78. The zero-order chi connectivity index (χ0) is 11.1. The van der Waals surface area contributed by atoms with Crippen LogP contribution in [0.25, 0.3) is 11.0 Å². The lowest BCUT2D eigenvalue weighted by atomic mass is 10.2. The van der Waals surface area contributed by atoms with E-state index in [1.54, 1.807) is 6.07 Å². The Hall–Kier alpha value is -1.42. The summed E-state index contributed by atoms with van der Waals surface area (Å²) in [4.78, 5) is 0. The molecule has 2 nitrogen and oxygen atoms in total. The number of fused-ring (bicyclic) bond motifs is 1. The van der Waals surface area contributed by atoms with E-state index >= 15 is 0 Å². The molecule has 16 heavy (non-hydrogen) atoms. The van der Waals surface area contributed by atoms with Crippen LogP contribution in [-0.2, 0) is 6.54 Å². The zero-order valence-electron chi connectivity index (χ0n) is 8.59. The second-order valence-corrected chi connectivity index (χ2v) is 4.17. The third kappa shape index (κ3) is 1.80. The number of hydrogen-bond donors (Lipinski definition) is 1. The summed E-state index contributed by atoms with van der Waals surface area (Å²) in [5.74, 6) is -0.577. The monoisotopic (exact) mass is 223 g/mol. The van der Waals surface area contributed by atoms with Crippen molar-refractivity contribution in [3.8, 4) is 0 Å². The highest BCUT2D eigenvalue weighted by Crippen LogP contribution is 2.25. The fraction of sp³-hybridized carbons (Fsp3) is 0.333. The zero-order valence-corrected chi connectivity index (χ0v) is 8.59. The number of hydrogen-bond acceptors (Lipinski definition) is 2. The van der Waals surface area contributed by atoms with Crippen molar-refractivity contribution in [3.63, 3.8) is 0 Å². The highest BCUT2D eigenvalue weighted by Gasteiger charge is 2.21. The van der Waals surface area contributed by atoms with Crippen molar-refractivity contribution in [2.24, 2.45) is 0 Å². The van der Waals surface area contributed by atoms with Gasteiger partial charge >= 0.3 is 0 Å². The van der Waals surface area contributed by atoms with Crippen molar-refractivity contribution < 1.29 is 13.2 Å². The molecule has 1 aliphatic rings. The van der Waals surface area contributed by atoms with E-state index in [0.717, 1.165) is 6.07 Å². The lowest BCUT2D eigenvalue weighted by molar-refractivity contribution is 0.491. The van der Waals surface area contributed by atoms with Gasteiger partial charge in [-0.2, -0.15) is 0 Å². The quantitative estimate of drug-likeness (QED) is 0.865. The van der Waals surface area contributed by atoms with Crippen molar-refractivity contribution in [1.29, 1.82) is 0 Å². The third-order valence-electron chi connectivity index (χ3n) is 2.73. The van der Waals surface area contributed by atoms with Gasteiger partial charge in [-0.15, -0.1) is 0 Å². The van der Waals surface area contributed by atoms with Crippen LogP contribution in [0.5, 0.6) is 0 Å². The van der Waals surface area contributed by atoms with Gasteiger partial charge in [0.15, 0.2) is 11.4 Å². The van der Waals surface area contributed by atoms with Crippen LogP contribution in [0.15, 0.2) is 22.6 Å². The molecule has 0 radical (unpaired) electrons. The summed E-state index contributed by atoms with van der Waals surface area (Å²) in [6, 6.07) is 4.36. The molecule has 1 aromatic carbocycles. The minimum absolute atomic E-state index is 0.133. The molecule has 0 amide bonds. The molecule has 1 aromatic heterocycles.